The largest absolute Gasteiger partial charge is 0.497 e. The molecule has 1 aromatic heterocycles. The lowest BCUT2D eigenvalue weighted by atomic mass is 9.94. The minimum absolute atomic E-state index is 0.0945. The summed E-state index contributed by atoms with van der Waals surface area (Å²) in [6, 6.07) is 10.3. The number of aromatic nitrogens is 1. The number of benzene rings is 1. The number of ether oxygens (including phenoxy) is 1. The van der Waals surface area contributed by atoms with E-state index in [1.54, 1.807) is 7.11 Å². The van der Waals surface area contributed by atoms with E-state index in [4.69, 9.17) is 4.74 Å². The molecule has 0 bridgehead atoms. The van der Waals surface area contributed by atoms with Crippen LogP contribution in [0.3, 0.4) is 0 Å². The van der Waals surface area contributed by atoms with Crippen LogP contribution >= 0.6 is 0 Å². The maximum Gasteiger partial charge on any atom is 0.119 e. The van der Waals surface area contributed by atoms with Crippen molar-refractivity contribution in [2.45, 2.75) is 19.0 Å². The summed E-state index contributed by atoms with van der Waals surface area (Å²) in [4.78, 5) is 4.03. The first kappa shape index (κ1) is 11.8. The predicted molar refractivity (Wildman–Crippen MR) is 72.2 cm³/mol. The van der Waals surface area contributed by atoms with Crippen molar-refractivity contribution in [3.05, 3.63) is 59.4 Å². The molecule has 0 spiro atoms. The van der Waals surface area contributed by atoms with Crippen molar-refractivity contribution in [1.82, 2.24) is 4.98 Å². The Morgan fingerprint density at radius 1 is 1.21 bits per heavy atom. The van der Waals surface area contributed by atoms with Gasteiger partial charge in [-0.1, -0.05) is 6.07 Å². The number of nitrogens with zero attached hydrogens (tertiary/aromatic N) is 3. The highest BCUT2D eigenvalue weighted by Crippen LogP contribution is 2.32. The molecule has 3 rings (SSSR count). The fourth-order valence-electron chi connectivity index (χ4n) is 2.34. The zero-order valence-electron chi connectivity index (χ0n) is 10.8. The smallest absolute Gasteiger partial charge is 0.119 e. The summed E-state index contributed by atoms with van der Waals surface area (Å²) in [5.41, 5.74) is 3.67. The van der Waals surface area contributed by atoms with Gasteiger partial charge in [-0.2, -0.15) is 10.2 Å². The molecule has 96 valence electrons. The second-order valence-corrected chi connectivity index (χ2v) is 4.56. The molecule has 0 saturated heterocycles. The number of hydrogen-bond acceptors (Lipinski definition) is 4. The van der Waals surface area contributed by atoms with Crippen molar-refractivity contribution < 1.29 is 4.74 Å². The van der Waals surface area contributed by atoms with Gasteiger partial charge in [-0.15, -0.1) is 0 Å². The highest BCUT2D eigenvalue weighted by molar-refractivity contribution is 5.39. The molecule has 19 heavy (non-hydrogen) atoms. The lowest BCUT2D eigenvalue weighted by molar-refractivity contribution is 0.413. The molecule has 0 N–H and O–H groups in total. The first-order valence-corrected chi connectivity index (χ1v) is 6.29. The van der Waals surface area contributed by atoms with Gasteiger partial charge in [0.2, 0.25) is 0 Å². The number of fused-ring (bicyclic) bond motifs is 1. The van der Waals surface area contributed by atoms with Crippen LogP contribution in [0, 0.1) is 0 Å². The zero-order valence-corrected chi connectivity index (χ0v) is 10.8. The van der Waals surface area contributed by atoms with E-state index < -0.39 is 0 Å². The maximum absolute atomic E-state index is 5.25. The fourth-order valence-corrected chi connectivity index (χ4v) is 2.34. The van der Waals surface area contributed by atoms with E-state index in [1.807, 2.05) is 36.7 Å². The Bertz CT molecular complexity index is 596. The topological polar surface area (TPSA) is 46.8 Å². The van der Waals surface area contributed by atoms with Crippen LogP contribution in [0.4, 0.5) is 0 Å². The van der Waals surface area contributed by atoms with Gasteiger partial charge in [0.05, 0.1) is 13.7 Å². The van der Waals surface area contributed by atoms with Crippen LogP contribution in [-0.4, -0.2) is 12.1 Å². The molecule has 2 aromatic rings. The van der Waals surface area contributed by atoms with Crippen molar-refractivity contribution in [2.24, 2.45) is 10.2 Å². The van der Waals surface area contributed by atoms with Crippen LogP contribution in [0.15, 0.2) is 53.0 Å². The van der Waals surface area contributed by atoms with Crippen molar-refractivity contribution in [1.29, 1.82) is 0 Å². The summed E-state index contributed by atoms with van der Waals surface area (Å²) in [5, 5.41) is 8.61. The molecule has 1 aromatic carbocycles. The molecule has 0 amide bonds. The van der Waals surface area contributed by atoms with Crippen molar-refractivity contribution in [3.63, 3.8) is 0 Å². The van der Waals surface area contributed by atoms with E-state index in [2.05, 4.69) is 21.3 Å². The van der Waals surface area contributed by atoms with Gasteiger partial charge in [0, 0.05) is 18.8 Å². The normalized spacial score (nSPS) is 17.0. The Hall–Kier alpha value is -2.23. The lowest BCUT2D eigenvalue weighted by Crippen LogP contribution is -2.07. The van der Waals surface area contributed by atoms with Crippen LogP contribution in [0.2, 0.25) is 0 Å². The molecular weight excluding hydrogens is 238 g/mol. The van der Waals surface area contributed by atoms with Gasteiger partial charge in [-0.25, -0.2) is 0 Å². The average molecular weight is 253 g/mol. The molecule has 0 fully saturated rings. The minimum atomic E-state index is 0.0945. The third-order valence-electron chi connectivity index (χ3n) is 3.35. The summed E-state index contributed by atoms with van der Waals surface area (Å²) in [6.07, 6.45) is 4.47. The predicted octanol–water partition coefficient (Wildman–Crippen LogP) is 3.34. The van der Waals surface area contributed by atoms with E-state index in [0.29, 0.717) is 6.54 Å². The quantitative estimate of drug-likeness (QED) is 0.842. The fraction of sp³-hybridized carbons (Fsp3) is 0.267. The van der Waals surface area contributed by atoms with Crippen LogP contribution in [0.25, 0.3) is 0 Å². The van der Waals surface area contributed by atoms with E-state index in [-0.39, 0.29) is 6.04 Å². The summed E-state index contributed by atoms with van der Waals surface area (Å²) < 4.78 is 5.25. The Kier molecular flexibility index (Phi) is 3.23. The van der Waals surface area contributed by atoms with Gasteiger partial charge in [0.15, 0.2) is 0 Å². The standard InChI is InChI=1S/C15H15N3O/c1-19-13-2-3-14-12(9-13)10-17-18-15(14)8-11-4-6-16-7-5-11/h2-7,9,15H,8,10H2,1H3. The monoisotopic (exact) mass is 253 g/mol. The molecule has 1 aliphatic heterocycles. The number of methoxy groups -OCH3 is 1. The first-order valence-electron chi connectivity index (χ1n) is 6.29. The third kappa shape index (κ3) is 2.47. The number of rotatable bonds is 3. The summed E-state index contributed by atoms with van der Waals surface area (Å²) in [6.45, 7) is 0.638. The molecule has 0 radical (unpaired) electrons. The molecule has 0 saturated carbocycles. The number of hydrogen-bond donors (Lipinski definition) is 0. The van der Waals surface area contributed by atoms with Crippen LogP contribution in [0.1, 0.15) is 22.7 Å². The van der Waals surface area contributed by atoms with Gasteiger partial charge in [-0.05, 0) is 41.0 Å². The molecule has 1 unspecified atom stereocenters. The highest BCUT2D eigenvalue weighted by atomic mass is 16.5. The van der Waals surface area contributed by atoms with Gasteiger partial charge >= 0.3 is 0 Å². The molecule has 1 atom stereocenters. The van der Waals surface area contributed by atoms with E-state index in [1.165, 1.54) is 16.7 Å². The molecule has 4 heteroatoms. The average Bonchev–Trinajstić information content (AvgIpc) is 2.48. The second kappa shape index (κ2) is 5.18. The zero-order chi connectivity index (χ0) is 13.1. The molecule has 0 aliphatic carbocycles. The van der Waals surface area contributed by atoms with E-state index in [0.717, 1.165) is 12.2 Å². The van der Waals surface area contributed by atoms with E-state index in [9.17, 15) is 0 Å². The maximum atomic E-state index is 5.25. The Morgan fingerprint density at radius 2 is 2.05 bits per heavy atom. The molecular formula is C15H15N3O. The van der Waals surface area contributed by atoms with Crippen LogP contribution in [0.5, 0.6) is 5.75 Å². The minimum Gasteiger partial charge on any atom is -0.497 e. The van der Waals surface area contributed by atoms with Gasteiger partial charge in [-0.3, -0.25) is 4.98 Å². The van der Waals surface area contributed by atoms with Gasteiger partial charge in [0.25, 0.3) is 0 Å². The Labute approximate surface area is 112 Å². The van der Waals surface area contributed by atoms with E-state index >= 15 is 0 Å². The SMILES string of the molecule is COc1ccc2c(c1)CN=NC2Cc1ccncc1. The van der Waals surface area contributed by atoms with Crippen molar-refractivity contribution in [3.8, 4) is 5.75 Å². The number of pyridine rings is 1. The van der Waals surface area contributed by atoms with Crippen molar-refractivity contribution in [2.75, 3.05) is 7.11 Å². The molecule has 4 nitrogen and oxygen atoms in total. The molecule has 2 heterocycles. The van der Waals surface area contributed by atoms with Gasteiger partial charge < -0.3 is 4.74 Å². The Balaban J connectivity index is 1.88. The van der Waals surface area contributed by atoms with Crippen molar-refractivity contribution >= 4 is 0 Å². The van der Waals surface area contributed by atoms with Crippen LogP contribution < -0.4 is 4.74 Å². The third-order valence-corrected chi connectivity index (χ3v) is 3.35. The van der Waals surface area contributed by atoms with Crippen LogP contribution in [-0.2, 0) is 13.0 Å². The first-order chi connectivity index (χ1) is 9.36. The molecule has 1 aliphatic rings. The Morgan fingerprint density at radius 3 is 2.84 bits per heavy atom. The summed E-state index contributed by atoms with van der Waals surface area (Å²) in [7, 11) is 1.68. The summed E-state index contributed by atoms with van der Waals surface area (Å²) >= 11 is 0. The number of azo groups is 1. The van der Waals surface area contributed by atoms with Gasteiger partial charge in [0.1, 0.15) is 11.8 Å². The summed E-state index contributed by atoms with van der Waals surface area (Å²) in [5.74, 6) is 0.874. The highest BCUT2D eigenvalue weighted by Gasteiger charge is 2.19. The lowest BCUT2D eigenvalue weighted by Gasteiger charge is -2.19. The second-order valence-electron chi connectivity index (χ2n) is 4.56.